The number of nitrogens with one attached hydrogen (secondary N) is 2. The number of hydrogen-bond donors (Lipinski definition) is 2. The van der Waals surface area contributed by atoms with Gasteiger partial charge in [-0.1, -0.05) is 18.2 Å². The average molecular weight is 455 g/mol. The van der Waals surface area contributed by atoms with Gasteiger partial charge in [0.2, 0.25) is 5.65 Å². The molecule has 1 atom stereocenters. The van der Waals surface area contributed by atoms with Gasteiger partial charge in [0, 0.05) is 29.4 Å². The van der Waals surface area contributed by atoms with E-state index in [9.17, 15) is 9.18 Å². The first-order chi connectivity index (χ1) is 16.5. The van der Waals surface area contributed by atoms with Crippen molar-refractivity contribution in [2.75, 3.05) is 10.6 Å². The normalized spacial score (nSPS) is 12.1. The first-order valence-electron chi connectivity index (χ1n) is 10.9. The van der Waals surface area contributed by atoms with Gasteiger partial charge in [-0.25, -0.2) is 14.4 Å². The van der Waals surface area contributed by atoms with E-state index in [-0.39, 0.29) is 5.91 Å². The van der Waals surface area contributed by atoms with Gasteiger partial charge < -0.3 is 10.6 Å². The first kappa shape index (κ1) is 21.4. The molecule has 8 nitrogen and oxygen atoms in total. The molecule has 0 aliphatic rings. The lowest BCUT2D eigenvalue weighted by Crippen LogP contribution is -2.14. The summed E-state index contributed by atoms with van der Waals surface area (Å²) >= 11 is 0. The van der Waals surface area contributed by atoms with Gasteiger partial charge in [-0.2, -0.15) is 5.10 Å². The lowest BCUT2D eigenvalue weighted by molar-refractivity contribution is 0.102. The summed E-state index contributed by atoms with van der Waals surface area (Å²) in [5.41, 5.74) is 3.31. The SMILES string of the molecule is CCn1cc2ncc(N[C@@H](C)c3cc(NC(=O)c4cnc5ccccc5c4)ccc3F)nc2n1. The molecule has 9 heteroatoms. The van der Waals surface area contributed by atoms with E-state index in [1.807, 2.05) is 44.3 Å². The van der Waals surface area contributed by atoms with Crippen LogP contribution in [-0.4, -0.2) is 30.6 Å². The Balaban J connectivity index is 1.34. The molecule has 2 N–H and O–H groups in total. The van der Waals surface area contributed by atoms with Crippen LogP contribution in [0.2, 0.25) is 0 Å². The van der Waals surface area contributed by atoms with Crippen molar-refractivity contribution in [3.05, 3.63) is 84.1 Å². The molecule has 34 heavy (non-hydrogen) atoms. The maximum atomic E-state index is 14.6. The number of halogens is 1. The highest BCUT2D eigenvalue weighted by Gasteiger charge is 2.15. The van der Waals surface area contributed by atoms with Gasteiger partial charge in [-0.15, -0.1) is 0 Å². The zero-order valence-electron chi connectivity index (χ0n) is 18.7. The third-order valence-electron chi connectivity index (χ3n) is 5.54. The van der Waals surface area contributed by atoms with Crippen molar-refractivity contribution in [3.63, 3.8) is 0 Å². The molecule has 0 spiro atoms. The molecule has 0 aliphatic heterocycles. The Labute approximate surface area is 194 Å². The molecule has 0 radical (unpaired) electrons. The second-order valence-electron chi connectivity index (χ2n) is 7.92. The number of aryl methyl sites for hydroxylation is 1. The molecular formula is C25H22FN7O. The molecule has 0 saturated carbocycles. The number of hydrogen-bond acceptors (Lipinski definition) is 6. The monoisotopic (exact) mass is 455 g/mol. The zero-order chi connectivity index (χ0) is 23.7. The number of anilines is 2. The summed E-state index contributed by atoms with van der Waals surface area (Å²) < 4.78 is 16.4. The number of carbonyl (C=O) groups is 1. The minimum atomic E-state index is -0.431. The van der Waals surface area contributed by atoms with Crippen molar-refractivity contribution in [3.8, 4) is 0 Å². The van der Waals surface area contributed by atoms with Gasteiger partial charge in [0.15, 0.2) is 0 Å². The van der Waals surface area contributed by atoms with E-state index in [0.717, 1.165) is 17.4 Å². The van der Waals surface area contributed by atoms with Gasteiger partial charge >= 0.3 is 0 Å². The third-order valence-corrected chi connectivity index (χ3v) is 5.54. The van der Waals surface area contributed by atoms with E-state index in [4.69, 9.17) is 0 Å². The highest BCUT2D eigenvalue weighted by Crippen LogP contribution is 2.25. The summed E-state index contributed by atoms with van der Waals surface area (Å²) in [7, 11) is 0. The fraction of sp³-hybridized carbons (Fsp3) is 0.160. The second-order valence-corrected chi connectivity index (χ2v) is 7.92. The van der Waals surface area contributed by atoms with E-state index in [0.29, 0.717) is 33.8 Å². The van der Waals surface area contributed by atoms with Crippen molar-refractivity contribution < 1.29 is 9.18 Å². The van der Waals surface area contributed by atoms with E-state index < -0.39 is 11.9 Å². The zero-order valence-corrected chi connectivity index (χ0v) is 18.7. The van der Waals surface area contributed by atoms with Gasteiger partial charge in [-0.3, -0.25) is 14.5 Å². The highest BCUT2D eigenvalue weighted by molar-refractivity contribution is 6.05. The van der Waals surface area contributed by atoms with Crippen molar-refractivity contribution in [1.29, 1.82) is 0 Å². The van der Waals surface area contributed by atoms with Crippen LogP contribution in [0.4, 0.5) is 15.9 Å². The minimum Gasteiger partial charge on any atom is -0.362 e. The van der Waals surface area contributed by atoms with Crippen LogP contribution < -0.4 is 10.6 Å². The number of para-hydroxylation sites is 1. The molecule has 3 aromatic heterocycles. The molecule has 0 bridgehead atoms. The summed E-state index contributed by atoms with van der Waals surface area (Å²) in [6, 6.07) is 13.4. The summed E-state index contributed by atoms with van der Waals surface area (Å²) in [6.07, 6.45) is 4.95. The molecule has 0 unspecified atom stereocenters. The summed E-state index contributed by atoms with van der Waals surface area (Å²) in [5.74, 6) is -0.230. The lowest BCUT2D eigenvalue weighted by atomic mass is 10.1. The Bertz CT molecular complexity index is 1510. The van der Waals surface area contributed by atoms with Crippen LogP contribution in [0.1, 0.15) is 35.8 Å². The molecule has 0 saturated heterocycles. The molecular weight excluding hydrogens is 433 g/mol. The van der Waals surface area contributed by atoms with E-state index in [1.54, 1.807) is 23.0 Å². The van der Waals surface area contributed by atoms with Crippen LogP contribution in [-0.2, 0) is 6.54 Å². The van der Waals surface area contributed by atoms with Crippen LogP contribution in [0.15, 0.2) is 67.1 Å². The quantitative estimate of drug-likeness (QED) is 0.376. The van der Waals surface area contributed by atoms with Crippen molar-refractivity contribution in [1.82, 2.24) is 24.7 Å². The summed E-state index contributed by atoms with van der Waals surface area (Å²) in [4.78, 5) is 25.9. The Hall–Kier alpha value is -4.40. The largest absolute Gasteiger partial charge is 0.362 e. The first-order valence-corrected chi connectivity index (χ1v) is 10.9. The number of nitrogens with zero attached hydrogens (tertiary/aromatic N) is 5. The lowest BCUT2D eigenvalue weighted by Gasteiger charge is -2.17. The molecule has 1 amide bonds. The van der Waals surface area contributed by atoms with E-state index >= 15 is 0 Å². The number of benzene rings is 2. The van der Waals surface area contributed by atoms with Crippen molar-refractivity contribution >= 4 is 39.5 Å². The number of amides is 1. The summed E-state index contributed by atoms with van der Waals surface area (Å²) in [6.45, 7) is 4.52. The van der Waals surface area contributed by atoms with Crippen LogP contribution in [0, 0.1) is 5.82 Å². The van der Waals surface area contributed by atoms with E-state index in [1.165, 1.54) is 18.3 Å². The number of fused-ring (bicyclic) bond motifs is 2. The predicted molar refractivity (Wildman–Crippen MR) is 129 cm³/mol. The smallest absolute Gasteiger partial charge is 0.257 e. The predicted octanol–water partition coefficient (Wildman–Crippen LogP) is 4.96. The standard InChI is InChI=1S/C25H22FN7O/c1-3-33-14-22-24(32-33)31-23(13-28-22)29-15(2)19-11-18(8-9-20(19)26)30-25(34)17-10-16-6-4-5-7-21(16)27-12-17/h4-15H,3H2,1-2H3,(H,30,34)(H,29,31,32)/t15-/m0/s1. The molecule has 3 heterocycles. The van der Waals surface area contributed by atoms with Crippen LogP contribution in [0.3, 0.4) is 0 Å². The van der Waals surface area contributed by atoms with Crippen molar-refractivity contribution in [2.24, 2.45) is 0 Å². The maximum absolute atomic E-state index is 14.6. The highest BCUT2D eigenvalue weighted by atomic mass is 19.1. The Morgan fingerprint density at radius 3 is 2.76 bits per heavy atom. The maximum Gasteiger partial charge on any atom is 0.257 e. The minimum absolute atomic E-state index is 0.320. The molecule has 5 rings (SSSR count). The van der Waals surface area contributed by atoms with Gasteiger partial charge in [0.1, 0.15) is 17.2 Å². The fourth-order valence-electron chi connectivity index (χ4n) is 3.73. The topological polar surface area (TPSA) is 97.6 Å². The van der Waals surface area contributed by atoms with Crippen LogP contribution >= 0.6 is 0 Å². The van der Waals surface area contributed by atoms with Crippen LogP contribution in [0.5, 0.6) is 0 Å². The number of pyridine rings is 1. The molecule has 0 aliphatic carbocycles. The number of aromatic nitrogens is 5. The van der Waals surface area contributed by atoms with Gasteiger partial charge in [-0.05, 0) is 44.2 Å². The van der Waals surface area contributed by atoms with Gasteiger partial charge in [0.25, 0.3) is 5.91 Å². The molecule has 2 aromatic carbocycles. The Morgan fingerprint density at radius 1 is 1.09 bits per heavy atom. The van der Waals surface area contributed by atoms with E-state index in [2.05, 4.69) is 30.7 Å². The summed E-state index contributed by atoms with van der Waals surface area (Å²) in [5, 5.41) is 11.2. The molecule has 5 aromatic rings. The van der Waals surface area contributed by atoms with Crippen LogP contribution in [0.25, 0.3) is 22.1 Å². The Morgan fingerprint density at radius 2 is 1.91 bits per heavy atom. The number of rotatable bonds is 6. The Kier molecular flexibility index (Phi) is 5.59. The fourth-order valence-corrected chi connectivity index (χ4v) is 3.73. The average Bonchev–Trinajstić information content (AvgIpc) is 3.27. The second kappa shape index (κ2) is 8.86. The molecule has 170 valence electrons. The molecule has 0 fully saturated rings. The number of carbonyl (C=O) groups excluding carboxylic acids is 1. The third kappa shape index (κ3) is 4.27. The van der Waals surface area contributed by atoms with Crippen molar-refractivity contribution in [2.45, 2.75) is 26.4 Å². The van der Waals surface area contributed by atoms with Gasteiger partial charge in [0.05, 0.1) is 29.5 Å².